The van der Waals surface area contributed by atoms with Crippen molar-refractivity contribution < 1.29 is 28.6 Å². The third-order valence-electron chi connectivity index (χ3n) is 5.01. The Labute approximate surface area is 203 Å². The largest absolute Gasteiger partial charge is 0.493 e. The highest BCUT2D eigenvalue weighted by Crippen LogP contribution is 2.37. The lowest BCUT2D eigenvalue weighted by Crippen LogP contribution is -2.34. The van der Waals surface area contributed by atoms with Gasteiger partial charge in [-0.05, 0) is 61.4 Å². The van der Waals surface area contributed by atoms with Gasteiger partial charge in [-0.1, -0.05) is 35.9 Å². The molecule has 0 unspecified atom stereocenters. The summed E-state index contributed by atoms with van der Waals surface area (Å²) >= 11 is 0.781. The Morgan fingerprint density at radius 2 is 1.91 bits per heavy atom. The van der Waals surface area contributed by atoms with Crippen LogP contribution in [0.1, 0.15) is 29.2 Å². The van der Waals surface area contributed by atoms with Gasteiger partial charge in [0.25, 0.3) is 11.1 Å². The molecule has 178 valence electrons. The fourth-order valence-electron chi connectivity index (χ4n) is 3.35. The minimum absolute atomic E-state index is 0.176. The normalized spacial score (nSPS) is 14.4. The van der Waals surface area contributed by atoms with Gasteiger partial charge in [-0.25, -0.2) is 0 Å². The van der Waals surface area contributed by atoms with E-state index in [0.29, 0.717) is 30.1 Å². The Balaban J connectivity index is 1.86. The molecule has 2 amide bonds. The topological polar surface area (TPSA) is 82.1 Å². The standard InChI is InChI=1S/C26H27NO6S/c1-5-7-20-12-19(14-22-25(29)27(26(30)34-22)15-23(28)32-6-2)13-21(31-4)24(20)33-16-18-10-8-17(3)9-11-18/h5,8-14H,1,6-7,15-16H2,2-4H3. The number of hydrogen-bond donors (Lipinski definition) is 0. The van der Waals surface area contributed by atoms with E-state index in [1.807, 2.05) is 37.3 Å². The van der Waals surface area contributed by atoms with Crippen LogP contribution < -0.4 is 9.47 Å². The van der Waals surface area contributed by atoms with Crippen LogP contribution in [0.4, 0.5) is 4.79 Å². The molecule has 2 aromatic carbocycles. The van der Waals surface area contributed by atoms with E-state index in [1.165, 1.54) is 5.56 Å². The molecule has 8 heteroatoms. The highest BCUT2D eigenvalue weighted by Gasteiger charge is 2.36. The molecule has 0 saturated carbocycles. The van der Waals surface area contributed by atoms with E-state index in [-0.39, 0.29) is 11.5 Å². The fraction of sp³-hybridized carbons (Fsp3) is 0.269. The second-order valence-electron chi connectivity index (χ2n) is 7.55. The lowest BCUT2D eigenvalue weighted by molar-refractivity contribution is -0.145. The molecule has 0 atom stereocenters. The second-order valence-corrected chi connectivity index (χ2v) is 8.54. The number of ether oxygens (including phenoxy) is 3. The maximum atomic E-state index is 12.7. The van der Waals surface area contributed by atoms with Crippen molar-refractivity contribution in [3.63, 3.8) is 0 Å². The molecule has 2 aromatic rings. The van der Waals surface area contributed by atoms with Gasteiger partial charge in [-0.2, -0.15) is 0 Å². The first-order valence-electron chi connectivity index (χ1n) is 10.8. The zero-order chi connectivity index (χ0) is 24.7. The number of methoxy groups -OCH3 is 1. The summed E-state index contributed by atoms with van der Waals surface area (Å²) in [6.07, 6.45) is 3.88. The molecule has 34 heavy (non-hydrogen) atoms. The lowest BCUT2D eigenvalue weighted by atomic mass is 10.0. The molecule has 1 aliphatic rings. The Kier molecular flexibility index (Phi) is 8.54. The summed E-state index contributed by atoms with van der Waals surface area (Å²) in [4.78, 5) is 37.8. The molecule has 1 saturated heterocycles. The maximum absolute atomic E-state index is 12.7. The van der Waals surface area contributed by atoms with Gasteiger partial charge < -0.3 is 14.2 Å². The molecule has 0 aromatic heterocycles. The predicted molar refractivity (Wildman–Crippen MR) is 132 cm³/mol. The van der Waals surface area contributed by atoms with Crippen molar-refractivity contribution in [3.8, 4) is 11.5 Å². The van der Waals surface area contributed by atoms with E-state index in [0.717, 1.165) is 27.8 Å². The van der Waals surface area contributed by atoms with Gasteiger partial charge in [0.1, 0.15) is 13.2 Å². The van der Waals surface area contributed by atoms with Gasteiger partial charge in [-0.15, -0.1) is 6.58 Å². The van der Waals surface area contributed by atoms with Crippen LogP contribution in [0.15, 0.2) is 54.0 Å². The lowest BCUT2D eigenvalue weighted by Gasteiger charge is -2.16. The fourth-order valence-corrected chi connectivity index (χ4v) is 4.19. The zero-order valence-electron chi connectivity index (χ0n) is 19.5. The third kappa shape index (κ3) is 6.08. The summed E-state index contributed by atoms with van der Waals surface area (Å²) in [5, 5.41) is -0.513. The SMILES string of the molecule is C=CCc1cc(C=C2SC(=O)N(CC(=O)OCC)C2=O)cc(OC)c1OCc1ccc(C)cc1. The number of imide groups is 1. The molecule has 1 aliphatic heterocycles. The summed E-state index contributed by atoms with van der Waals surface area (Å²) in [6.45, 7) is 7.65. The van der Waals surface area contributed by atoms with Crippen LogP contribution in [0, 0.1) is 6.92 Å². The van der Waals surface area contributed by atoms with E-state index < -0.39 is 23.7 Å². The van der Waals surface area contributed by atoms with Gasteiger partial charge in [-0.3, -0.25) is 19.3 Å². The molecule has 0 bridgehead atoms. The summed E-state index contributed by atoms with van der Waals surface area (Å²) in [6, 6.07) is 11.7. The number of carbonyl (C=O) groups is 3. The Morgan fingerprint density at radius 1 is 1.18 bits per heavy atom. The number of rotatable bonds is 10. The average Bonchev–Trinajstić information content (AvgIpc) is 3.06. The van der Waals surface area contributed by atoms with E-state index in [1.54, 1.807) is 32.3 Å². The number of allylic oxidation sites excluding steroid dienone is 1. The Morgan fingerprint density at radius 3 is 2.56 bits per heavy atom. The van der Waals surface area contributed by atoms with Crippen molar-refractivity contribution in [3.05, 3.63) is 76.2 Å². The van der Waals surface area contributed by atoms with Crippen LogP contribution in [-0.2, 0) is 27.4 Å². The van der Waals surface area contributed by atoms with Crippen LogP contribution in [0.5, 0.6) is 11.5 Å². The Hall–Kier alpha value is -3.52. The van der Waals surface area contributed by atoms with Crippen molar-refractivity contribution in [2.45, 2.75) is 26.9 Å². The van der Waals surface area contributed by atoms with Crippen LogP contribution in [-0.4, -0.2) is 42.3 Å². The van der Waals surface area contributed by atoms with Crippen molar-refractivity contribution in [2.24, 2.45) is 0 Å². The number of esters is 1. The maximum Gasteiger partial charge on any atom is 0.326 e. The molecule has 7 nitrogen and oxygen atoms in total. The first-order valence-corrected chi connectivity index (χ1v) is 11.6. The number of thioether (sulfide) groups is 1. The number of hydrogen-bond acceptors (Lipinski definition) is 7. The van der Waals surface area contributed by atoms with Crippen LogP contribution in [0.3, 0.4) is 0 Å². The predicted octanol–water partition coefficient (Wildman–Crippen LogP) is 4.91. The minimum atomic E-state index is -0.629. The first kappa shape index (κ1) is 25.1. The monoisotopic (exact) mass is 481 g/mol. The van der Waals surface area contributed by atoms with E-state index >= 15 is 0 Å². The van der Waals surface area contributed by atoms with Gasteiger partial charge in [0.15, 0.2) is 11.5 Å². The first-order chi connectivity index (χ1) is 16.4. The Bertz CT molecular complexity index is 1120. The van der Waals surface area contributed by atoms with Crippen LogP contribution in [0.2, 0.25) is 0 Å². The molecule has 0 N–H and O–H groups in total. The van der Waals surface area contributed by atoms with Crippen LogP contribution >= 0.6 is 11.8 Å². The van der Waals surface area contributed by atoms with E-state index in [4.69, 9.17) is 14.2 Å². The molecule has 0 aliphatic carbocycles. The summed E-state index contributed by atoms with van der Waals surface area (Å²) in [5.74, 6) is -0.0675. The third-order valence-corrected chi connectivity index (χ3v) is 5.91. The zero-order valence-corrected chi connectivity index (χ0v) is 20.3. The van der Waals surface area contributed by atoms with Crippen molar-refractivity contribution >= 4 is 35.0 Å². The van der Waals surface area contributed by atoms with Crippen molar-refractivity contribution in [2.75, 3.05) is 20.3 Å². The minimum Gasteiger partial charge on any atom is -0.493 e. The smallest absolute Gasteiger partial charge is 0.326 e. The average molecular weight is 482 g/mol. The molecular weight excluding hydrogens is 454 g/mol. The van der Waals surface area contributed by atoms with Gasteiger partial charge in [0.05, 0.1) is 18.6 Å². The number of nitrogens with zero attached hydrogens (tertiary/aromatic N) is 1. The summed E-state index contributed by atoms with van der Waals surface area (Å²) in [7, 11) is 1.54. The van der Waals surface area contributed by atoms with Crippen molar-refractivity contribution in [1.29, 1.82) is 0 Å². The second kappa shape index (κ2) is 11.6. The van der Waals surface area contributed by atoms with Gasteiger partial charge in [0, 0.05) is 5.56 Å². The molecule has 0 spiro atoms. The quantitative estimate of drug-likeness (QED) is 0.271. The molecule has 3 rings (SSSR count). The number of benzene rings is 2. The number of amides is 2. The molecule has 1 fully saturated rings. The molecular formula is C26H27NO6S. The van der Waals surface area contributed by atoms with Crippen LogP contribution in [0.25, 0.3) is 6.08 Å². The van der Waals surface area contributed by atoms with Gasteiger partial charge >= 0.3 is 5.97 Å². The van der Waals surface area contributed by atoms with Gasteiger partial charge in [0.2, 0.25) is 0 Å². The van der Waals surface area contributed by atoms with Crippen molar-refractivity contribution in [1.82, 2.24) is 4.90 Å². The van der Waals surface area contributed by atoms with E-state index in [9.17, 15) is 14.4 Å². The molecule has 1 heterocycles. The number of carbonyl (C=O) groups excluding carboxylic acids is 3. The number of aryl methyl sites for hydroxylation is 1. The molecule has 0 radical (unpaired) electrons. The summed E-state index contributed by atoms with van der Waals surface area (Å²) in [5.41, 5.74) is 3.69. The summed E-state index contributed by atoms with van der Waals surface area (Å²) < 4.78 is 16.5. The highest BCUT2D eigenvalue weighted by atomic mass is 32.2. The highest BCUT2D eigenvalue weighted by molar-refractivity contribution is 8.18. The van der Waals surface area contributed by atoms with E-state index in [2.05, 4.69) is 6.58 Å².